The van der Waals surface area contributed by atoms with E-state index in [1.54, 1.807) is 0 Å². The van der Waals surface area contributed by atoms with E-state index in [4.69, 9.17) is 0 Å². The Hall–Kier alpha value is -1.62. The van der Waals surface area contributed by atoms with E-state index in [1.807, 2.05) is 24.9 Å². The number of aryl methyl sites for hydroxylation is 3. The maximum absolute atomic E-state index is 4.54. The van der Waals surface area contributed by atoms with Gasteiger partial charge in [-0.3, -0.25) is 9.36 Å². The van der Waals surface area contributed by atoms with Crippen LogP contribution >= 0.6 is 0 Å². The van der Waals surface area contributed by atoms with Gasteiger partial charge in [-0.2, -0.15) is 10.2 Å². The van der Waals surface area contributed by atoms with Crippen molar-refractivity contribution < 1.29 is 0 Å². The van der Waals surface area contributed by atoms with E-state index >= 15 is 0 Å². The predicted octanol–water partition coefficient (Wildman–Crippen LogP) is 2.03. The van der Waals surface area contributed by atoms with Gasteiger partial charge in [0.25, 0.3) is 0 Å². The molecule has 2 rings (SSSR count). The lowest BCUT2D eigenvalue weighted by molar-refractivity contribution is 0.516. The molecule has 0 amide bonds. The molecule has 1 unspecified atom stereocenters. The van der Waals surface area contributed by atoms with Crippen molar-refractivity contribution in [2.45, 2.75) is 39.8 Å². The summed E-state index contributed by atoms with van der Waals surface area (Å²) in [6.07, 6.45) is 3.08. The van der Waals surface area contributed by atoms with Crippen molar-refractivity contribution in [3.05, 3.63) is 35.4 Å². The smallest absolute Gasteiger partial charge is 0.0940 e. The van der Waals surface area contributed by atoms with Gasteiger partial charge in [-0.1, -0.05) is 6.92 Å². The second-order valence-electron chi connectivity index (χ2n) is 4.83. The zero-order valence-corrected chi connectivity index (χ0v) is 12.2. The highest BCUT2D eigenvalue weighted by Crippen LogP contribution is 2.21. The lowest BCUT2D eigenvalue weighted by atomic mass is 10.1. The minimum Gasteiger partial charge on any atom is -0.304 e. The third kappa shape index (κ3) is 3.04. The van der Waals surface area contributed by atoms with Crippen LogP contribution < -0.4 is 5.32 Å². The highest BCUT2D eigenvalue weighted by atomic mass is 15.3. The summed E-state index contributed by atoms with van der Waals surface area (Å²) in [7, 11) is 1.95. The van der Waals surface area contributed by atoms with Crippen molar-refractivity contribution in [1.82, 2.24) is 24.9 Å². The lowest BCUT2D eigenvalue weighted by Gasteiger charge is -2.17. The van der Waals surface area contributed by atoms with Gasteiger partial charge in [0.1, 0.15) is 0 Å². The molecule has 0 spiro atoms. The summed E-state index contributed by atoms with van der Waals surface area (Å²) < 4.78 is 3.90. The molecular weight excluding hydrogens is 238 g/mol. The summed E-state index contributed by atoms with van der Waals surface area (Å²) in [4.78, 5) is 0. The number of nitrogens with zero attached hydrogens (tertiary/aromatic N) is 4. The normalized spacial score (nSPS) is 12.8. The molecule has 19 heavy (non-hydrogen) atoms. The van der Waals surface area contributed by atoms with E-state index in [1.165, 1.54) is 5.69 Å². The average Bonchev–Trinajstić information content (AvgIpc) is 2.97. The van der Waals surface area contributed by atoms with Crippen LogP contribution in [-0.4, -0.2) is 26.1 Å². The molecule has 2 aromatic heterocycles. The molecule has 2 heterocycles. The topological polar surface area (TPSA) is 47.7 Å². The quantitative estimate of drug-likeness (QED) is 0.865. The summed E-state index contributed by atoms with van der Waals surface area (Å²) in [6, 6.07) is 4.32. The standard InChI is InChI=1S/C14H23N5/c1-5-8-15-14(12-7-9-18(4)17-12)13-10-11(3)16-19(13)6-2/h7,9-10,14-15H,5-6,8H2,1-4H3. The van der Waals surface area contributed by atoms with E-state index in [9.17, 15) is 0 Å². The molecule has 0 aliphatic carbocycles. The fraction of sp³-hybridized carbons (Fsp3) is 0.571. The first-order chi connectivity index (χ1) is 9.15. The van der Waals surface area contributed by atoms with E-state index in [0.717, 1.165) is 30.9 Å². The Bertz CT molecular complexity index is 526. The van der Waals surface area contributed by atoms with Crippen molar-refractivity contribution in [3.8, 4) is 0 Å². The van der Waals surface area contributed by atoms with E-state index in [0.29, 0.717) is 0 Å². The van der Waals surface area contributed by atoms with Crippen molar-refractivity contribution >= 4 is 0 Å². The highest BCUT2D eigenvalue weighted by molar-refractivity contribution is 5.23. The van der Waals surface area contributed by atoms with Crippen LogP contribution in [0.15, 0.2) is 18.3 Å². The van der Waals surface area contributed by atoms with Gasteiger partial charge < -0.3 is 5.32 Å². The maximum Gasteiger partial charge on any atom is 0.0940 e. The number of hydrogen-bond acceptors (Lipinski definition) is 3. The zero-order valence-electron chi connectivity index (χ0n) is 12.2. The summed E-state index contributed by atoms with van der Waals surface area (Å²) in [5.74, 6) is 0. The summed E-state index contributed by atoms with van der Waals surface area (Å²) in [6.45, 7) is 8.16. The largest absolute Gasteiger partial charge is 0.304 e. The summed E-state index contributed by atoms with van der Waals surface area (Å²) >= 11 is 0. The van der Waals surface area contributed by atoms with E-state index in [-0.39, 0.29) is 6.04 Å². The highest BCUT2D eigenvalue weighted by Gasteiger charge is 2.20. The molecule has 5 nitrogen and oxygen atoms in total. The minimum atomic E-state index is 0.113. The monoisotopic (exact) mass is 261 g/mol. The second-order valence-corrected chi connectivity index (χ2v) is 4.83. The fourth-order valence-electron chi connectivity index (χ4n) is 2.29. The maximum atomic E-state index is 4.54. The molecule has 1 N–H and O–H groups in total. The summed E-state index contributed by atoms with van der Waals surface area (Å²) in [5, 5.41) is 12.6. The van der Waals surface area contributed by atoms with Crippen molar-refractivity contribution in [3.63, 3.8) is 0 Å². The van der Waals surface area contributed by atoms with Gasteiger partial charge >= 0.3 is 0 Å². The van der Waals surface area contributed by atoms with E-state index in [2.05, 4.69) is 46.2 Å². The Morgan fingerprint density at radius 1 is 1.32 bits per heavy atom. The predicted molar refractivity (Wildman–Crippen MR) is 76.0 cm³/mol. The third-order valence-corrected chi connectivity index (χ3v) is 3.16. The van der Waals surface area contributed by atoms with Crippen LogP contribution in [0.4, 0.5) is 0 Å². The first kappa shape index (κ1) is 13.8. The molecule has 1 atom stereocenters. The molecule has 104 valence electrons. The number of aromatic nitrogens is 4. The van der Waals surface area contributed by atoms with Crippen LogP contribution in [0.5, 0.6) is 0 Å². The van der Waals surface area contributed by atoms with Gasteiger partial charge in [-0.25, -0.2) is 0 Å². The number of rotatable bonds is 6. The van der Waals surface area contributed by atoms with Crippen LogP contribution in [0.1, 0.15) is 43.4 Å². The van der Waals surface area contributed by atoms with Gasteiger partial charge in [-0.05, 0) is 38.9 Å². The molecule has 0 aliphatic heterocycles. The molecule has 5 heteroatoms. The molecule has 0 saturated heterocycles. The van der Waals surface area contributed by atoms with E-state index < -0.39 is 0 Å². The van der Waals surface area contributed by atoms with Crippen LogP contribution in [0, 0.1) is 6.92 Å². The van der Waals surface area contributed by atoms with Crippen LogP contribution in [0.2, 0.25) is 0 Å². The molecule has 0 aromatic carbocycles. The first-order valence-corrected chi connectivity index (χ1v) is 6.93. The van der Waals surface area contributed by atoms with Crippen LogP contribution in [0.25, 0.3) is 0 Å². The zero-order chi connectivity index (χ0) is 13.8. The van der Waals surface area contributed by atoms with Gasteiger partial charge in [0.05, 0.1) is 23.1 Å². The van der Waals surface area contributed by atoms with Crippen molar-refractivity contribution in [2.24, 2.45) is 7.05 Å². The third-order valence-electron chi connectivity index (χ3n) is 3.16. The molecule has 0 saturated carbocycles. The van der Waals surface area contributed by atoms with Gasteiger partial charge in [-0.15, -0.1) is 0 Å². The number of nitrogens with one attached hydrogen (secondary N) is 1. The first-order valence-electron chi connectivity index (χ1n) is 6.93. The molecule has 2 aromatic rings. The lowest BCUT2D eigenvalue weighted by Crippen LogP contribution is -2.26. The Morgan fingerprint density at radius 2 is 2.11 bits per heavy atom. The molecular formula is C14H23N5. The average molecular weight is 261 g/mol. The number of hydrogen-bond donors (Lipinski definition) is 1. The SMILES string of the molecule is CCCNC(c1ccn(C)n1)c1cc(C)nn1CC. The fourth-order valence-corrected chi connectivity index (χ4v) is 2.29. The van der Waals surface area contributed by atoms with Gasteiger partial charge in [0.2, 0.25) is 0 Å². The molecule has 0 radical (unpaired) electrons. The Morgan fingerprint density at radius 3 is 2.68 bits per heavy atom. The van der Waals surface area contributed by atoms with Crippen LogP contribution in [-0.2, 0) is 13.6 Å². The molecule has 0 aliphatic rings. The van der Waals surface area contributed by atoms with Crippen molar-refractivity contribution in [1.29, 1.82) is 0 Å². The second kappa shape index (κ2) is 6.02. The van der Waals surface area contributed by atoms with Crippen molar-refractivity contribution in [2.75, 3.05) is 6.54 Å². The molecule has 0 fully saturated rings. The van der Waals surface area contributed by atoms with Crippen LogP contribution in [0.3, 0.4) is 0 Å². The molecule has 0 bridgehead atoms. The Kier molecular flexibility index (Phi) is 4.37. The van der Waals surface area contributed by atoms with Gasteiger partial charge in [0, 0.05) is 19.8 Å². The summed E-state index contributed by atoms with van der Waals surface area (Å²) in [5.41, 5.74) is 3.29. The van der Waals surface area contributed by atoms with Gasteiger partial charge in [0.15, 0.2) is 0 Å². The minimum absolute atomic E-state index is 0.113. The Labute approximate surface area is 114 Å². The Balaban J connectivity index is 2.36.